The van der Waals surface area contributed by atoms with Crippen LogP contribution in [0.5, 0.6) is 0 Å². The Hall–Kier alpha value is -1.13. The molecular formula is C8H6Cl2N4. The van der Waals surface area contributed by atoms with E-state index in [2.05, 4.69) is 15.1 Å². The van der Waals surface area contributed by atoms with Gasteiger partial charge in [-0.05, 0) is 6.92 Å². The molecule has 0 N–H and O–H groups in total. The van der Waals surface area contributed by atoms with Crippen LogP contribution in [0.15, 0.2) is 18.6 Å². The van der Waals surface area contributed by atoms with Crippen LogP contribution in [0, 0.1) is 6.92 Å². The molecule has 2 aromatic heterocycles. The topological polar surface area (TPSA) is 43.6 Å². The largest absolute Gasteiger partial charge is 0.258 e. The molecule has 0 radical (unpaired) electrons. The molecule has 0 unspecified atom stereocenters. The Balaban J connectivity index is 2.49. The maximum absolute atomic E-state index is 5.85. The van der Waals surface area contributed by atoms with Crippen LogP contribution in [0.1, 0.15) is 5.69 Å². The molecule has 2 rings (SSSR count). The summed E-state index contributed by atoms with van der Waals surface area (Å²) in [5.41, 5.74) is 0.744. The van der Waals surface area contributed by atoms with Gasteiger partial charge in [0.05, 0.1) is 29.3 Å². The molecule has 0 atom stereocenters. The first-order valence-electron chi connectivity index (χ1n) is 3.86. The van der Waals surface area contributed by atoms with Crippen LogP contribution in [0.4, 0.5) is 0 Å². The van der Waals surface area contributed by atoms with E-state index in [-0.39, 0.29) is 0 Å². The van der Waals surface area contributed by atoms with Crippen molar-refractivity contribution in [2.45, 2.75) is 6.92 Å². The van der Waals surface area contributed by atoms with Crippen LogP contribution < -0.4 is 0 Å². The second-order valence-corrected chi connectivity index (χ2v) is 3.50. The van der Waals surface area contributed by atoms with Crippen LogP contribution in [0.2, 0.25) is 10.2 Å². The fraction of sp³-hybridized carbons (Fsp3) is 0.125. The summed E-state index contributed by atoms with van der Waals surface area (Å²) >= 11 is 11.5. The van der Waals surface area contributed by atoms with E-state index in [0.29, 0.717) is 16.0 Å². The predicted molar refractivity (Wildman–Crippen MR) is 53.9 cm³/mol. The number of nitrogens with zero attached hydrogens (tertiary/aromatic N) is 4. The molecule has 0 aliphatic carbocycles. The van der Waals surface area contributed by atoms with Gasteiger partial charge in [-0.25, -0.2) is 9.67 Å². The summed E-state index contributed by atoms with van der Waals surface area (Å²) in [6.07, 6.45) is 4.69. The second-order valence-electron chi connectivity index (χ2n) is 2.71. The Morgan fingerprint density at radius 3 is 2.64 bits per heavy atom. The first-order chi connectivity index (χ1) is 6.66. The highest BCUT2D eigenvalue weighted by atomic mass is 35.5. The van der Waals surface area contributed by atoms with Gasteiger partial charge in [-0.15, -0.1) is 0 Å². The molecule has 4 nitrogen and oxygen atoms in total. The Morgan fingerprint density at radius 2 is 2.07 bits per heavy atom. The molecule has 0 aromatic carbocycles. The highest BCUT2D eigenvalue weighted by molar-refractivity contribution is 6.31. The average molecular weight is 229 g/mol. The van der Waals surface area contributed by atoms with E-state index >= 15 is 0 Å². The smallest absolute Gasteiger partial charge is 0.173 e. The normalized spacial score (nSPS) is 10.5. The third-order valence-electron chi connectivity index (χ3n) is 1.67. The maximum atomic E-state index is 5.85. The fourth-order valence-electron chi connectivity index (χ4n) is 0.999. The summed E-state index contributed by atoms with van der Waals surface area (Å²) in [4.78, 5) is 7.94. The Labute approximate surface area is 90.5 Å². The van der Waals surface area contributed by atoms with Crippen LogP contribution in [0.3, 0.4) is 0 Å². The van der Waals surface area contributed by atoms with E-state index in [1.807, 2.05) is 6.92 Å². The zero-order chi connectivity index (χ0) is 10.1. The van der Waals surface area contributed by atoms with Crippen molar-refractivity contribution in [3.8, 4) is 5.82 Å². The van der Waals surface area contributed by atoms with E-state index in [0.717, 1.165) is 5.69 Å². The first kappa shape index (κ1) is 9.43. The second kappa shape index (κ2) is 3.55. The lowest BCUT2D eigenvalue weighted by Crippen LogP contribution is -1.99. The van der Waals surface area contributed by atoms with Crippen molar-refractivity contribution in [3.05, 3.63) is 34.5 Å². The zero-order valence-electron chi connectivity index (χ0n) is 7.28. The molecule has 0 aliphatic rings. The van der Waals surface area contributed by atoms with Crippen molar-refractivity contribution in [2.75, 3.05) is 0 Å². The lowest BCUT2D eigenvalue weighted by molar-refractivity contribution is 0.824. The Kier molecular flexibility index (Phi) is 2.39. The van der Waals surface area contributed by atoms with Crippen LogP contribution in [-0.2, 0) is 0 Å². The van der Waals surface area contributed by atoms with Gasteiger partial charge in [0.2, 0.25) is 0 Å². The molecular weight excluding hydrogens is 223 g/mol. The molecule has 72 valence electrons. The standard InChI is InChI=1S/C8H6Cl2N4/c1-5-6(9)4-14(13-5)8-3-11-2-7(10)12-8/h2-4H,1H3. The number of aromatic nitrogens is 4. The van der Waals surface area contributed by atoms with Crippen molar-refractivity contribution in [2.24, 2.45) is 0 Å². The number of hydrogen-bond acceptors (Lipinski definition) is 3. The molecule has 0 fully saturated rings. The summed E-state index contributed by atoms with van der Waals surface area (Å²) in [6.45, 7) is 1.82. The zero-order valence-corrected chi connectivity index (χ0v) is 8.79. The highest BCUT2D eigenvalue weighted by Gasteiger charge is 2.05. The van der Waals surface area contributed by atoms with Gasteiger partial charge in [0, 0.05) is 0 Å². The Morgan fingerprint density at radius 1 is 1.29 bits per heavy atom. The third kappa shape index (κ3) is 1.71. The molecule has 2 heterocycles. The lowest BCUT2D eigenvalue weighted by atomic mass is 10.5. The highest BCUT2D eigenvalue weighted by Crippen LogP contribution is 2.15. The minimum Gasteiger partial charge on any atom is -0.258 e. The van der Waals surface area contributed by atoms with Gasteiger partial charge in [0.15, 0.2) is 5.82 Å². The minimum atomic E-state index is 0.326. The van der Waals surface area contributed by atoms with Crippen LogP contribution >= 0.6 is 23.2 Å². The summed E-state index contributed by atoms with van der Waals surface area (Å²) < 4.78 is 1.54. The van der Waals surface area contributed by atoms with Crippen molar-refractivity contribution in [1.82, 2.24) is 19.7 Å². The molecule has 0 saturated heterocycles. The molecule has 0 amide bonds. The fourth-order valence-corrected chi connectivity index (χ4v) is 1.27. The molecule has 0 spiro atoms. The summed E-state index contributed by atoms with van der Waals surface area (Å²) in [6, 6.07) is 0. The maximum Gasteiger partial charge on any atom is 0.173 e. The molecule has 14 heavy (non-hydrogen) atoms. The van der Waals surface area contributed by atoms with Gasteiger partial charge in [-0.2, -0.15) is 5.10 Å². The predicted octanol–water partition coefficient (Wildman–Crippen LogP) is 2.28. The van der Waals surface area contributed by atoms with Crippen molar-refractivity contribution in [1.29, 1.82) is 0 Å². The molecule has 0 bridgehead atoms. The summed E-state index contributed by atoms with van der Waals surface area (Å²) in [5, 5.41) is 5.06. The quantitative estimate of drug-likeness (QED) is 0.753. The summed E-state index contributed by atoms with van der Waals surface area (Å²) in [7, 11) is 0. The number of rotatable bonds is 1. The van der Waals surface area contributed by atoms with Crippen molar-refractivity contribution < 1.29 is 0 Å². The lowest BCUT2D eigenvalue weighted by Gasteiger charge is -1.98. The van der Waals surface area contributed by atoms with Gasteiger partial charge in [0.1, 0.15) is 5.15 Å². The van der Waals surface area contributed by atoms with E-state index in [9.17, 15) is 0 Å². The van der Waals surface area contributed by atoms with E-state index < -0.39 is 0 Å². The van der Waals surface area contributed by atoms with E-state index in [1.165, 1.54) is 10.9 Å². The van der Waals surface area contributed by atoms with Gasteiger partial charge >= 0.3 is 0 Å². The van der Waals surface area contributed by atoms with Crippen molar-refractivity contribution >= 4 is 23.2 Å². The van der Waals surface area contributed by atoms with Gasteiger partial charge in [-0.1, -0.05) is 23.2 Å². The van der Waals surface area contributed by atoms with Crippen molar-refractivity contribution in [3.63, 3.8) is 0 Å². The SMILES string of the molecule is Cc1nn(-c2cncc(Cl)n2)cc1Cl. The van der Waals surface area contributed by atoms with E-state index in [1.54, 1.807) is 12.4 Å². The monoisotopic (exact) mass is 228 g/mol. The summed E-state index contributed by atoms with van der Waals surface area (Å²) in [5.74, 6) is 0.549. The third-order valence-corrected chi connectivity index (χ3v) is 2.22. The van der Waals surface area contributed by atoms with Crippen LogP contribution in [0.25, 0.3) is 5.82 Å². The number of aryl methyl sites for hydroxylation is 1. The first-order valence-corrected chi connectivity index (χ1v) is 4.62. The molecule has 0 saturated carbocycles. The minimum absolute atomic E-state index is 0.326. The number of hydrogen-bond donors (Lipinski definition) is 0. The molecule has 2 aromatic rings. The van der Waals surface area contributed by atoms with Gasteiger partial charge in [-0.3, -0.25) is 4.98 Å². The average Bonchev–Trinajstić information content (AvgIpc) is 2.47. The van der Waals surface area contributed by atoms with E-state index in [4.69, 9.17) is 23.2 Å². The number of halogens is 2. The molecule has 0 aliphatic heterocycles. The molecule has 6 heteroatoms. The van der Waals surface area contributed by atoms with Gasteiger partial charge in [0.25, 0.3) is 0 Å². The van der Waals surface area contributed by atoms with Crippen LogP contribution in [-0.4, -0.2) is 19.7 Å². The van der Waals surface area contributed by atoms with Gasteiger partial charge < -0.3 is 0 Å². The Bertz CT molecular complexity index is 447.